The molecule has 0 fully saturated rings. The molecule has 0 aromatic heterocycles. The van der Waals surface area contributed by atoms with E-state index < -0.39 is 5.97 Å². The van der Waals surface area contributed by atoms with Crippen molar-refractivity contribution in [3.05, 3.63) is 29.8 Å². The van der Waals surface area contributed by atoms with E-state index in [9.17, 15) is 9.59 Å². The van der Waals surface area contributed by atoms with Crippen LogP contribution in [0.4, 0.5) is 0 Å². The molecule has 0 heterocycles. The molecule has 0 aliphatic rings. The van der Waals surface area contributed by atoms with Crippen LogP contribution in [0.2, 0.25) is 0 Å². The minimum Gasteiger partial charge on any atom is -0.484 e. The van der Waals surface area contributed by atoms with Crippen molar-refractivity contribution in [3.63, 3.8) is 0 Å². The molecule has 1 aromatic carbocycles. The number of rotatable bonds is 5. The minimum absolute atomic E-state index is 0.125. The first kappa shape index (κ1) is 13.0. The Morgan fingerprint density at radius 3 is 2.76 bits per heavy atom. The number of ether oxygens (including phenoxy) is 2. The lowest BCUT2D eigenvalue weighted by Crippen LogP contribution is -2.33. The number of hydrogen-bond acceptors (Lipinski definition) is 4. The summed E-state index contributed by atoms with van der Waals surface area (Å²) in [7, 11) is 1.26. The van der Waals surface area contributed by atoms with Gasteiger partial charge in [-0.3, -0.25) is 9.59 Å². The average Bonchev–Trinajstić information content (AvgIpc) is 2.33. The van der Waals surface area contributed by atoms with Crippen molar-refractivity contribution in [3.8, 4) is 5.75 Å². The summed E-state index contributed by atoms with van der Waals surface area (Å²) in [4.78, 5) is 22.0. The minimum atomic E-state index is -0.492. The maximum atomic E-state index is 11.3. The molecular formula is C12H15NO4. The second kappa shape index (κ2) is 6.52. The van der Waals surface area contributed by atoms with Gasteiger partial charge in [0.15, 0.2) is 6.61 Å². The zero-order chi connectivity index (χ0) is 12.7. The highest BCUT2D eigenvalue weighted by atomic mass is 16.5. The molecule has 0 bridgehead atoms. The molecule has 0 aliphatic carbocycles. The quantitative estimate of drug-likeness (QED) is 0.764. The highest BCUT2D eigenvalue weighted by molar-refractivity contribution is 5.82. The van der Waals surface area contributed by atoms with E-state index >= 15 is 0 Å². The lowest BCUT2D eigenvalue weighted by molar-refractivity contribution is -0.141. The summed E-state index contributed by atoms with van der Waals surface area (Å²) in [5.74, 6) is -0.232. The largest absolute Gasteiger partial charge is 0.484 e. The van der Waals surface area contributed by atoms with Gasteiger partial charge in [-0.25, -0.2) is 0 Å². The van der Waals surface area contributed by atoms with Crippen molar-refractivity contribution >= 4 is 11.9 Å². The van der Waals surface area contributed by atoms with Crippen LogP contribution in [0.1, 0.15) is 5.56 Å². The zero-order valence-corrected chi connectivity index (χ0v) is 9.86. The van der Waals surface area contributed by atoms with Crippen molar-refractivity contribution in [2.24, 2.45) is 0 Å². The zero-order valence-electron chi connectivity index (χ0n) is 9.86. The Morgan fingerprint density at radius 2 is 2.12 bits per heavy atom. The molecule has 0 spiro atoms. The van der Waals surface area contributed by atoms with E-state index in [1.54, 1.807) is 6.07 Å². The van der Waals surface area contributed by atoms with Gasteiger partial charge in [0.2, 0.25) is 0 Å². The lowest BCUT2D eigenvalue weighted by Gasteiger charge is -2.07. The van der Waals surface area contributed by atoms with E-state index in [1.807, 2.05) is 25.1 Å². The molecule has 1 aromatic rings. The molecule has 0 saturated heterocycles. The van der Waals surface area contributed by atoms with Gasteiger partial charge in [-0.15, -0.1) is 0 Å². The van der Waals surface area contributed by atoms with Gasteiger partial charge in [-0.2, -0.15) is 0 Å². The highest BCUT2D eigenvalue weighted by Crippen LogP contribution is 2.11. The summed E-state index contributed by atoms with van der Waals surface area (Å²) in [6, 6.07) is 7.37. The second-order valence-corrected chi connectivity index (χ2v) is 3.46. The standard InChI is InChI=1S/C12H15NO4/c1-9-4-3-5-10(6-9)17-8-11(14)13-7-12(15)16-2/h3-6H,7-8H2,1-2H3,(H,13,14). The first-order chi connectivity index (χ1) is 8.11. The molecule has 0 atom stereocenters. The molecular weight excluding hydrogens is 222 g/mol. The summed E-state index contributed by atoms with van der Waals surface area (Å²) >= 11 is 0. The Hall–Kier alpha value is -2.04. The summed E-state index contributed by atoms with van der Waals surface area (Å²) in [6.07, 6.45) is 0. The van der Waals surface area contributed by atoms with Gasteiger partial charge in [0.05, 0.1) is 7.11 Å². The number of aryl methyl sites for hydroxylation is 1. The number of benzene rings is 1. The second-order valence-electron chi connectivity index (χ2n) is 3.46. The molecule has 92 valence electrons. The summed E-state index contributed by atoms with van der Waals surface area (Å²) < 4.78 is 9.64. The van der Waals surface area contributed by atoms with Crippen molar-refractivity contribution < 1.29 is 19.1 Å². The molecule has 5 nitrogen and oxygen atoms in total. The number of hydrogen-bond donors (Lipinski definition) is 1. The van der Waals surface area contributed by atoms with Gasteiger partial charge in [0.1, 0.15) is 12.3 Å². The van der Waals surface area contributed by atoms with E-state index in [-0.39, 0.29) is 19.1 Å². The van der Waals surface area contributed by atoms with E-state index in [1.165, 1.54) is 7.11 Å². The predicted molar refractivity (Wildman–Crippen MR) is 61.7 cm³/mol. The number of nitrogens with one attached hydrogen (secondary N) is 1. The fourth-order valence-electron chi connectivity index (χ4n) is 1.15. The highest BCUT2D eigenvalue weighted by Gasteiger charge is 2.05. The van der Waals surface area contributed by atoms with Crippen molar-refractivity contribution in [1.82, 2.24) is 5.32 Å². The van der Waals surface area contributed by atoms with Crippen LogP contribution in [0.25, 0.3) is 0 Å². The van der Waals surface area contributed by atoms with Crippen LogP contribution in [0.3, 0.4) is 0 Å². The van der Waals surface area contributed by atoms with Crippen molar-refractivity contribution in [1.29, 1.82) is 0 Å². The fraction of sp³-hybridized carbons (Fsp3) is 0.333. The molecule has 1 amide bonds. The number of methoxy groups -OCH3 is 1. The first-order valence-corrected chi connectivity index (χ1v) is 5.15. The Balaban J connectivity index is 2.31. The molecule has 1 rings (SSSR count). The Bertz CT molecular complexity index is 403. The predicted octanol–water partition coefficient (Wildman–Crippen LogP) is 0.663. The smallest absolute Gasteiger partial charge is 0.325 e. The van der Waals surface area contributed by atoms with Crippen LogP contribution in [-0.4, -0.2) is 32.1 Å². The van der Waals surface area contributed by atoms with Crippen molar-refractivity contribution in [2.75, 3.05) is 20.3 Å². The Morgan fingerprint density at radius 1 is 1.35 bits per heavy atom. The molecule has 0 saturated carbocycles. The monoisotopic (exact) mass is 237 g/mol. The van der Waals surface area contributed by atoms with Crippen LogP contribution >= 0.6 is 0 Å². The van der Waals surface area contributed by atoms with Crippen LogP contribution in [0.15, 0.2) is 24.3 Å². The van der Waals surface area contributed by atoms with Gasteiger partial charge >= 0.3 is 5.97 Å². The topological polar surface area (TPSA) is 64.6 Å². The third kappa shape index (κ3) is 5.01. The molecule has 0 radical (unpaired) electrons. The van der Waals surface area contributed by atoms with Crippen LogP contribution < -0.4 is 10.1 Å². The maximum Gasteiger partial charge on any atom is 0.325 e. The first-order valence-electron chi connectivity index (χ1n) is 5.15. The van der Waals surface area contributed by atoms with Crippen LogP contribution in [0, 0.1) is 6.92 Å². The van der Waals surface area contributed by atoms with Gasteiger partial charge in [0, 0.05) is 0 Å². The Labute approximate surface area is 99.7 Å². The van der Waals surface area contributed by atoms with E-state index in [2.05, 4.69) is 10.1 Å². The molecule has 1 N–H and O–H groups in total. The SMILES string of the molecule is COC(=O)CNC(=O)COc1cccc(C)c1. The number of carbonyl (C=O) groups excluding carboxylic acids is 2. The summed E-state index contributed by atoms with van der Waals surface area (Å²) in [5, 5.41) is 2.38. The van der Waals surface area contributed by atoms with Crippen molar-refractivity contribution in [2.45, 2.75) is 6.92 Å². The summed E-state index contributed by atoms with van der Waals surface area (Å²) in [6.45, 7) is 1.66. The van der Waals surface area contributed by atoms with E-state index in [4.69, 9.17) is 4.74 Å². The van der Waals surface area contributed by atoms with Gasteiger partial charge in [-0.05, 0) is 24.6 Å². The average molecular weight is 237 g/mol. The van der Waals surface area contributed by atoms with Gasteiger partial charge < -0.3 is 14.8 Å². The summed E-state index contributed by atoms with van der Waals surface area (Å²) in [5.41, 5.74) is 1.05. The van der Waals surface area contributed by atoms with Crippen LogP contribution in [-0.2, 0) is 14.3 Å². The van der Waals surface area contributed by atoms with Gasteiger partial charge in [0.25, 0.3) is 5.91 Å². The Kier molecular flexibility index (Phi) is 5.00. The lowest BCUT2D eigenvalue weighted by atomic mass is 10.2. The normalized spacial score (nSPS) is 9.53. The van der Waals surface area contributed by atoms with Gasteiger partial charge in [-0.1, -0.05) is 12.1 Å². The maximum absolute atomic E-state index is 11.3. The number of amides is 1. The van der Waals surface area contributed by atoms with E-state index in [0.29, 0.717) is 5.75 Å². The molecule has 5 heteroatoms. The molecule has 0 aliphatic heterocycles. The molecule has 17 heavy (non-hydrogen) atoms. The number of carbonyl (C=O) groups is 2. The third-order valence-corrected chi connectivity index (χ3v) is 2.02. The third-order valence-electron chi connectivity index (χ3n) is 2.02. The fourth-order valence-corrected chi connectivity index (χ4v) is 1.15. The van der Waals surface area contributed by atoms with Crippen LogP contribution in [0.5, 0.6) is 5.75 Å². The van der Waals surface area contributed by atoms with E-state index in [0.717, 1.165) is 5.56 Å². The number of esters is 1. The molecule has 0 unspecified atom stereocenters.